The lowest BCUT2D eigenvalue weighted by Gasteiger charge is -2.31. The van der Waals surface area contributed by atoms with E-state index in [0.29, 0.717) is 12.1 Å². The van der Waals surface area contributed by atoms with Crippen LogP contribution in [-0.4, -0.2) is 84.0 Å². The van der Waals surface area contributed by atoms with E-state index >= 15 is 0 Å². The van der Waals surface area contributed by atoms with Crippen LogP contribution < -0.4 is 10.1 Å². The molecule has 33 heavy (non-hydrogen) atoms. The molecule has 0 spiro atoms. The predicted octanol–water partition coefficient (Wildman–Crippen LogP) is 1.67. The molecule has 0 bridgehead atoms. The molecule has 0 aromatic heterocycles. The Morgan fingerprint density at radius 1 is 1.03 bits per heavy atom. The number of rotatable bonds is 9. The molecule has 2 aliphatic heterocycles. The second kappa shape index (κ2) is 11.6. The smallest absolute Gasteiger partial charge is 0.251 e. The van der Waals surface area contributed by atoms with Crippen LogP contribution in [0.4, 0.5) is 0 Å². The summed E-state index contributed by atoms with van der Waals surface area (Å²) in [6.07, 6.45) is 2.41. The number of piperidine rings is 1. The number of fused-ring (bicyclic) bond motifs is 1. The van der Waals surface area contributed by atoms with Gasteiger partial charge in [0.1, 0.15) is 11.9 Å². The van der Waals surface area contributed by atoms with Crippen LogP contribution in [0.15, 0.2) is 48.5 Å². The monoisotopic (exact) mass is 453 g/mol. The number of aliphatic hydroxyl groups is 2. The summed E-state index contributed by atoms with van der Waals surface area (Å²) >= 11 is 0. The van der Waals surface area contributed by atoms with Gasteiger partial charge >= 0.3 is 0 Å². The molecular weight excluding hydrogens is 418 g/mol. The zero-order valence-corrected chi connectivity index (χ0v) is 19.2. The largest absolute Gasteiger partial charge is 0.490 e. The number of benzene rings is 2. The first-order chi connectivity index (χ1) is 16.1. The maximum atomic E-state index is 12.5. The summed E-state index contributed by atoms with van der Waals surface area (Å²) in [5.74, 6) is 0.569. The molecule has 7 heteroatoms. The molecule has 0 aliphatic carbocycles. The molecule has 2 aliphatic rings. The Labute approximate surface area is 196 Å². The van der Waals surface area contributed by atoms with Crippen LogP contribution >= 0.6 is 0 Å². The minimum atomic E-state index is -0.612. The minimum absolute atomic E-state index is 0.163. The summed E-state index contributed by atoms with van der Waals surface area (Å²) in [5.41, 5.74) is 3.26. The Morgan fingerprint density at radius 2 is 1.76 bits per heavy atom. The van der Waals surface area contributed by atoms with Crippen molar-refractivity contribution in [2.45, 2.75) is 38.0 Å². The first kappa shape index (κ1) is 23.7. The molecule has 3 N–H and O–H groups in total. The van der Waals surface area contributed by atoms with Gasteiger partial charge in [0, 0.05) is 51.4 Å². The predicted molar refractivity (Wildman–Crippen MR) is 127 cm³/mol. The van der Waals surface area contributed by atoms with Gasteiger partial charge in [-0.2, -0.15) is 0 Å². The zero-order valence-electron chi connectivity index (χ0n) is 19.2. The summed E-state index contributed by atoms with van der Waals surface area (Å²) in [6.45, 7) is 5.29. The number of nitrogens with zero attached hydrogens (tertiary/aromatic N) is 2. The van der Waals surface area contributed by atoms with Gasteiger partial charge in [0.25, 0.3) is 5.91 Å². The average Bonchev–Trinajstić information content (AvgIpc) is 2.84. The highest BCUT2D eigenvalue weighted by molar-refractivity contribution is 5.94. The molecule has 7 nitrogen and oxygen atoms in total. The number of β-amino-alcohol motifs (C(OH)–C–C–N with tert-alkyl or cyclic N) is 2. The van der Waals surface area contributed by atoms with E-state index in [1.54, 1.807) is 12.1 Å². The zero-order chi connectivity index (χ0) is 23.0. The number of hydrogen-bond acceptors (Lipinski definition) is 6. The molecule has 0 saturated carbocycles. The number of amides is 1. The Morgan fingerprint density at radius 3 is 2.48 bits per heavy atom. The van der Waals surface area contributed by atoms with Gasteiger partial charge in [-0.25, -0.2) is 0 Å². The fourth-order valence-corrected chi connectivity index (χ4v) is 4.65. The van der Waals surface area contributed by atoms with E-state index in [0.717, 1.165) is 57.7 Å². The molecule has 4 rings (SSSR count). The van der Waals surface area contributed by atoms with Crippen molar-refractivity contribution in [2.75, 3.05) is 45.9 Å². The van der Waals surface area contributed by atoms with E-state index in [1.807, 2.05) is 12.1 Å². The van der Waals surface area contributed by atoms with E-state index < -0.39 is 6.10 Å². The van der Waals surface area contributed by atoms with Crippen molar-refractivity contribution in [3.05, 3.63) is 65.2 Å². The second-order valence-electron chi connectivity index (χ2n) is 9.02. The van der Waals surface area contributed by atoms with E-state index in [2.05, 4.69) is 39.4 Å². The number of carbonyl (C=O) groups excluding carboxylic acids is 1. The molecule has 0 radical (unpaired) electrons. The molecule has 1 amide bonds. The highest BCUT2D eigenvalue weighted by Crippen LogP contribution is 2.20. The van der Waals surface area contributed by atoms with Crippen molar-refractivity contribution >= 4 is 5.91 Å². The summed E-state index contributed by atoms with van der Waals surface area (Å²) in [4.78, 5) is 17.0. The van der Waals surface area contributed by atoms with Gasteiger partial charge in [0.05, 0.1) is 12.7 Å². The van der Waals surface area contributed by atoms with E-state index in [-0.39, 0.29) is 25.2 Å². The van der Waals surface area contributed by atoms with Gasteiger partial charge in [-0.3, -0.25) is 9.69 Å². The maximum absolute atomic E-state index is 12.5. The van der Waals surface area contributed by atoms with Crippen molar-refractivity contribution in [3.63, 3.8) is 0 Å². The summed E-state index contributed by atoms with van der Waals surface area (Å²) in [5, 5.41) is 22.3. The summed E-state index contributed by atoms with van der Waals surface area (Å²) in [7, 11) is 0. The van der Waals surface area contributed by atoms with Gasteiger partial charge in [0.2, 0.25) is 0 Å². The fourth-order valence-electron chi connectivity index (χ4n) is 4.65. The number of carbonyl (C=O) groups is 1. The lowest BCUT2D eigenvalue weighted by Crippen LogP contribution is -2.42. The Bertz CT molecular complexity index is 897. The molecule has 1 atom stereocenters. The number of nitrogens with one attached hydrogen (secondary N) is 1. The second-order valence-corrected chi connectivity index (χ2v) is 9.02. The first-order valence-electron chi connectivity index (χ1n) is 12.0. The number of ether oxygens (including phenoxy) is 1. The lowest BCUT2D eigenvalue weighted by molar-refractivity contribution is 0.0840. The summed E-state index contributed by atoms with van der Waals surface area (Å²) < 4.78 is 6.06. The Kier molecular flexibility index (Phi) is 8.34. The van der Waals surface area contributed by atoms with Crippen molar-refractivity contribution in [1.29, 1.82) is 0 Å². The van der Waals surface area contributed by atoms with Gasteiger partial charge in [-0.05, 0) is 54.7 Å². The standard InChI is InChI=1S/C26H35N3O4/c30-16-15-28-13-10-25(11-14-28)33-24-7-5-21(6-8-24)26(32)27-17-23(31)19-29-12-9-20-3-1-2-4-22(20)18-29/h1-8,23,25,30-31H,9-19H2,(H,27,32). The summed E-state index contributed by atoms with van der Waals surface area (Å²) in [6, 6.07) is 15.6. The number of likely N-dealkylation sites (tertiary alicyclic amines) is 1. The van der Waals surface area contributed by atoms with Crippen LogP contribution in [0.25, 0.3) is 0 Å². The van der Waals surface area contributed by atoms with Crippen molar-refractivity contribution < 1.29 is 19.7 Å². The van der Waals surface area contributed by atoms with Crippen LogP contribution in [0.3, 0.4) is 0 Å². The SMILES string of the molecule is O=C(NCC(O)CN1CCc2ccccc2C1)c1ccc(OC2CCN(CCO)CC2)cc1. The third kappa shape index (κ3) is 6.77. The van der Waals surface area contributed by atoms with Crippen LogP contribution in [0.1, 0.15) is 34.3 Å². The third-order valence-corrected chi connectivity index (χ3v) is 6.55. The van der Waals surface area contributed by atoms with Crippen molar-refractivity contribution in [1.82, 2.24) is 15.1 Å². The first-order valence-corrected chi connectivity index (χ1v) is 12.0. The molecule has 1 saturated heterocycles. The van der Waals surface area contributed by atoms with Crippen LogP contribution in [-0.2, 0) is 13.0 Å². The highest BCUT2D eigenvalue weighted by Gasteiger charge is 2.21. The molecule has 2 heterocycles. The highest BCUT2D eigenvalue weighted by atomic mass is 16.5. The normalized spacial score (nSPS) is 18.5. The quantitative estimate of drug-likeness (QED) is 0.536. The molecule has 2 aromatic rings. The minimum Gasteiger partial charge on any atom is -0.490 e. The van der Waals surface area contributed by atoms with Crippen LogP contribution in [0.2, 0.25) is 0 Å². The average molecular weight is 454 g/mol. The van der Waals surface area contributed by atoms with Gasteiger partial charge in [-0.1, -0.05) is 24.3 Å². The van der Waals surface area contributed by atoms with Crippen LogP contribution in [0.5, 0.6) is 5.75 Å². The van der Waals surface area contributed by atoms with Crippen LogP contribution in [0, 0.1) is 0 Å². The van der Waals surface area contributed by atoms with Gasteiger partial charge in [-0.15, -0.1) is 0 Å². The fraction of sp³-hybridized carbons (Fsp3) is 0.500. The van der Waals surface area contributed by atoms with Crippen molar-refractivity contribution in [2.24, 2.45) is 0 Å². The van der Waals surface area contributed by atoms with Gasteiger partial charge < -0.3 is 25.2 Å². The molecule has 1 unspecified atom stereocenters. The Balaban J connectivity index is 1.18. The van der Waals surface area contributed by atoms with Crippen molar-refractivity contribution in [3.8, 4) is 5.75 Å². The van der Waals surface area contributed by atoms with E-state index in [9.17, 15) is 9.90 Å². The van der Waals surface area contributed by atoms with Gasteiger partial charge in [0.15, 0.2) is 0 Å². The molecule has 2 aromatic carbocycles. The topological polar surface area (TPSA) is 85.3 Å². The Hall–Kier alpha value is -2.45. The van der Waals surface area contributed by atoms with E-state index in [1.165, 1.54) is 11.1 Å². The van der Waals surface area contributed by atoms with E-state index in [4.69, 9.17) is 9.84 Å². The third-order valence-electron chi connectivity index (χ3n) is 6.55. The lowest BCUT2D eigenvalue weighted by atomic mass is 10.00. The number of aliphatic hydroxyl groups excluding tert-OH is 2. The molecule has 1 fully saturated rings. The number of hydrogen-bond donors (Lipinski definition) is 3. The molecule has 178 valence electrons. The molecular formula is C26H35N3O4. The maximum Gasteiger partial charge on any atom is 0.251 e.